The van der Waals surface area contributed by atoms with Crippen LogP contribution in [0.25, 0.3) is 10.9 Å². The standard InChI is InChI=1S/C27H31N3O2/c1-27(2,3)29-14-12-22(13-15-29)32-23-9-10-25-20(17-23)8-11-26(31)30(25)21-16-19-6-4-5-7-24(19)28-18-21/h4-7,9-10,16-18,22H,8,11-15H2,1-3H3. The van der Waals surface area contributed by atoms with Gasteiger partial charge in [-0.1, -0.05) is 18.2 Å². The zero-order valence-electron chi connectivity index (χ0n) is 19.2. The maximum absolute atomic E-state index is 12.9. The highest BCUT2D eigenvalue weighted by Crippen LogP contribution is 2.37. The highest BCUT2D eigenvalue weighted by molar-refractivity contribution is 6.04. The molecule has 0 unspecified atom stereocenters. The van der Waals surface area contributed by atoms with Gasteiger partial charge in [-0.15, -0.1) is 0 Å². The zero-order chi connectivity index (χ0) is 22.3. The van der Waals surface area contributed by atoms with Gasteiger partial charge in [0.15, 0.2) is 0 Å². The molecule has 2 aliphatic rings. The predicted octanol–water partition coefficient (Wildman–Crippen LogP) is 5.49. The van der Waals surface area contributed by atoms with Crippen LogP contribution in [0.4, 0.5) is 11.4 Å². The van der Waals surface area contributed by atoms with Crippen LogP contribution >= 0.6 is 0 Å². The number of piperidine rings is 1. The van der Waals surface area contributed by atoms with Crippen LogP contribution in [0, 0.1) is 0 Å². The molecule has 0 radical (unpaired) electrons. The topological polar surface area (TPSA) is 45.7 Å². The molecule has 0 spiro atoms. The molecule has 5 rings (SSSR count). The maximum Gasteiger partial charge on any atom is 0.231 e. The number of carbonyl (C=O) groups excluding carboxylic acids is 1. The van der Waals surface area contributed by atoms with Crippen LogP contribution < -0.4 is 9.64 Å². The fourth-order valence-corrected chi connectivity index (χ4v) is 4.84. The van der Waals surface area contributed by atoms with E-state index in [1.807, 2.05) is 47.4 Å². The average Bonchev–Trinajstić information content (AvgIpc) is 2.78. The van der Waals surface area contributed by atoms with Gasteiger partial charge >= 0.3 is 0 Å². The Labute approximate surface area is 190 Å². The number of anilines is 2. The van der Waals surface area contributed by atoms with E-state index in [-0.39, 0.29) is 17.6 Å². The number of likely N-dealkylation sites (tertiary alicyclic amines) is 1. The summed E-state index contributed by atoms with van der Waals surface area (Å²) in [6.07, 6.45) is 5.36. The molecular weight excluding hydrogens is 398 g/mol. The number of amides is 1. The van der Waals surface area contributed by atoms with Crippen LogP contribution in [0.15, 0.2) is 54.7 Å². The van der Waals surface area contributed by atoms with Crippen molar-refractivity contribution < 1.29 is 9.53 Å². The first-order valence-corrected chi connectivity index (χ1v) is 11.6. The first kappa shape index (κ1) is 21.0. The van der Waals surface area contributed by atoms with Crippen LogP contribution in [0.1, 0.15) is 45.6 Å². The van der Waals surface area contributed by atoms with E-state index in [4.69, 9.17) is 4.74 Å². The first-order valence-electron chi connectivity index (χ1n) is 11.6. The van der Waals surface area contributed by atoms with Gasteiger partial charge in [-0.25, -0.2) is 0 Å². The number of hydrogen-bond acceptors (Lipinski definition) is 4. The highest BCUT2D eigenvalue weighted by Gasteiger charge is 2.29. The number of nitrogens with zero attached hydrogens (tertiary/aromatic N) is 3. The summed E-state index contributed by atoms with van der Waals surface area (Å²) in [6.45, 7) is 8.95. The molecule has 166 valence electrons. The summed E-state index contributed by atoms with van der Waals surface area (Å²) in [5.74, 6) is 1.02. The van der Waals surface area contributed by atoms with Gasteiger partial charge < -0.3 is 4.74 Å². The van der Waals surface area contributed by atoms with Crippen molar-refractivity contribution >= 4 is 28.2 Å². The monoisotopic (exact) mass is 429 g/mol. The van der Waals surface area contributed by atoms with Crippen molar-refractivity contribution in [3.63, 3.8) is 0 Å². The Morgan fingerprint density at radius 3 is 2.56 bits per heavy atom. The Morgan fingerprint density at radius 1 is 1.00 bits per heavy atom. The van der Waals surface area contributed by atoms with Gasteiger partial charge in [-0.3, -0.25) is 19.6 Å². The van der Waals surface area contributed by atoms with E-state index in [2.05, 4.69) is 36.7 Å². The fourth-order valence-electron chi connectivity index (χ4n) is 4.84. The van der Waals surface area contributed by atoms with Crippen molar-refractivity contribution in [1.82, 2.24) is 9.88 Å². The van der Waals surface area contributed by atoms with Crippen molar-refractivity contribution in [2.45, 2.75) is 58.1 Å². The van der Waals surface area contributed by atoms with E-state index in [1.165, 1.54) is 0 Å². The van der Waals surface area contributed by atoms with E-state index in [0.717, 1.165) is 65.9 Å². The van der Waals surface area contributed by atoms with Crippen molar-refractivity contribution in [2.75, 3.05) is 18.0 Å². The number of aromatic nitrogens is 1. The summed E-state index contributed by atoms with van der Waals surface area (Å²) in [6, 6.07) is 16.2. The predicted molar refractivity (Wildman–Crippen MR) is 129 cm³/mol. The van der Waals surface area contributed by atoms with Gasteiger partial charge in [0.1, 0.15) is 11.9 Å². The van der Waals surface area contributed by atoms with Gasteiger partial charge in [-0.05, 0) is 75.9 Å². The Hall–Kier alpha value is -2.92. The molecule has 0 atom stereocenters. The number of carbonyl (C=O) groups is 1. The minimum Gasteiger partial charge on any atom is -0.490 e. The molecule has 5 heteroatoms. The van der Waals surface area contributed by atoms with Gasteiger partial charge in [0.05, 0.1) is 23.1 Å². The van der Waals surface area contributed by atoms with E-state index < -0.39 is 0 Å². The quantitative estimate of drug-likeness (QED) is 0.552. The summed E-state index contributed by atoms with van der Waals surface area (Å²) in [7, 11) is 0. The van der Waals surface area contributed by atoms with Gasteiger partial charge in [0, 0.05) is 30.4 Å². The molecular formula is C27H31N3O2. The van der Waals surface area contributed by atoms with Gasteiger partial charge in [0.2, 0.25) is 5.91 Å². The number of ether oxygens (including phenoxy) is 1. The van der Waals surface area contributed by atoms with Crippen LogP contribution in [0.2, 0.25) is 0 Å². The second-order valence-corrected chi connectivity index (χ2v) is 9.88. The van der Waals surface area contributed by atoms with Crippen LogP contribution in [-0.2, 0) is 11.2 Å². The number of pyridine rings is 1. The summed E-state index contributed by atoms with van der Waals surface area (Å²) < 4.78 is 6.37. The number of para-hydroxylation sites is 1. The molecule has 1 fully saturated rings. The van der Waals surface area contributed by atoms with Gasteiger partial charge in [-0.2, -0.15) is 0 Å². The van der Waals surface area contributed by atoms with Crippen molar-refractivity contribution in [3.8, 4) is 5.75 Å². The van der Waals surface area contributed by atoms with Crippen LogP contribution in [-0.4, -0.2) is 40.5 Å². The minimum atomic E-state index is 0.109. The Kier molecular flexibility index (Phi) is 5.38. The van der Waals surface area contributed by atoms with Gasteiger partial charge in [0.25, 0.3) is 0 Å². The lowest BCUT2D eigenvalue weighted by molar-refractivity contribution is -0.118. The Balaban J connectivity index is 1.36. The number of rotatable bonds is 3. The van der Waals surface area contributed by atoms with E-state index in [0.29, 0.717) is 6.42 Å². The second-order valence-electron chi connectivity index (χ2n) is 9.88. The number of hydrogen-bond donors (Lipinski definition) is 0. The second kappa shape index (κ2) is 8.21. The van der Waals surface area contributed by atoms with E-state index in [1.54, 1.807) is 6.20 Å². The van der Waals surface area contributed by atoms with Crippen LogP contribution in [0.5, 0.6) is 5.75 Å². The summed E-state index contributed by atoms with van der Waals surface area (Å²) >= 11 is 0. The molecule has 2 aliphatic heterocycles. The molecule has 0 bridgehead atoms. The SMILES string of the molecule is CC(C)(C)N1CCC(Oc2ccc3c(c2)CCC(=O)N3c2cnc3ccccc3c2)CC1. The summed E-state index contributed by atoms with van der Waals surface area (Å²) in [4.78, 5) is 21.8. The third-order valence-corrected chi connectivity index (χ3v) is 6.68. The molecule has 2 aromatic carbocycles. The largest absolute Gasteiger partial charge is 0.490 e. The van der Waals surface area contributed by atoms with E-state index in [9.17, 15) is 4.79 Å². The van der Waals surface area contributed by atoms with E-state index >= 15 is 0 Å². The summed E-state index contributed by atoms with van der Waals surface area (Å²) in [5, 5.41) is 1.03. The molecule has 3 aromatic rings. The van der Waals surface area contributed by atoms with Crippen molar-refractivity contribution in [2.24, 2.45) is 0 Å². The third-order valence-electron chi connectivity index (χ3n) is 6.68. The summed E-state index contributed by atoms with van der Waals surface area (Å²) in [5.41, 5.74) is 4.06. The average molecular weight is 430 g/mol. The van der Waals surface area contributed by atoms with Crippen molar-refractivity contribution in [3.05, 3.63) is 60.3 Å². The molecule has 0 saturated carbocycles. The van der Waals surface area contributed by atoms with Crippen molar-refractivity contribution in [1.29, 1.82) is 0 Å². The molecule has 0 aliphatic carbocycles. The normalized spacial score (nSPS) is 18.1. The number of aryl methyl sites for hydroxylation is 1. The number of benzene rings is 2. The Morgan fingerprint density at radius 2 is 1.78 bits per heavy atom. The molecule has 5 nitrogen and oxygen atoms in total. The van der Waals surface area contributed by atoms with Crippen LogP contribution in [0.3, 0.4) is 0 Å². The smallest absolute Gasteiger partial charge is 0.231 e. The highest BCUT2D eigenvalue weighted by atomic mass is 16.5. The molecule has 1 saturated heterocycles. The molecule has 32 heavy (non-hydrogen) atoms. The molecule has 0 N–H and O–H groups in total. The Bertz CT molecular complexity index is 1140. The lowest BCUT2D eigenvalue weighted by atomic mass is 9.98. The maximum atomic E-state index is 12.9. The third kappa shape index (κ3) is 4.09. The molecule has 1 amide bonds. The fraction of sp³-hybridized carbons (Fsp3) is 0.407. The number of fused-ring (bicyclic) bond motifs is 2. The lowest BCUT2D eigenvalue weighted by Crippen LogP contribution is -2.48. The molecule has 1 aromatic heterocycles. The lowest BCUT2D eigenvalue weighted by Gasteiger charge is -2.40. The molecule has 3 heterocycles. The first-order chi connectivity index (χ1) is 15.4. The zero-order valence-corrected chi connectivity index (χ0v) is 19.2. The minimum absolute atomic E-state index is 0.109.